The number of hydrogen-bond acceptors (Lipinski definition) is 2. The lowest BCUT2D eigenvalue weighted by atomic mass is 9.94. The zero-order chi connectivity index (χ0) is 15.6. The molecule has 0 aliphatic heterocycles. The summed E-state index contributed by atoms with van der Waals surface area (Å²) < 4.78 is 5.36. The lowest BCUT2D eigenvalue weighted by Crippen LogP contribution is -2.00. The van der Waals surface area contributed by atoms with Crippen molar-refractivity contribution in [3.63, 3.8) is 0 Å². The van der Waals surface area contributed by atoms with E-state index in [4.69, 9.17) is 4.74 Å². The second-order valence-corrected chi connectivity index (χ2v) is 6.66. The number of ether oxygens (including phenoxy) is 1. The number of aryl methyl sites for hydroxylation is 1. The molecule has 0 amide bonds. The van der Waals surface area contributed by atoms with Gasteiger partial charge in [-0.15, -0.1) is 0 Å². The maximum Gasteiger partial charge on any atom is 0.0465 e. The highest BCUT2D eigenvalue weighted by molar-refractivity contribution is 5.26. The summed E-state index contributed by atoms with van der Waals surface area (Å²) in [5.74, 6) is 1.20. The van der Waals surface area contributed by atoms with E-state index in [1.165, 1.54) is 56.1 Å². The first-order chi connectivity index (χ1) is 10.8. The predicted molar refractivity (Wildman–Crippen MR) is 92.3 cm³/mol. The van der Waals surface area contributed by atoms with Gasteiger partial charge >= 0.3 is 0 Å². The van der Waals surface area contributed by atoms with Crippen LogP contribution in [-0.2, 0) is 11.2 Å². The van der Waals surface area contributed by atoms with Gasteiger partial charge in [0.05, 0.1) is 0 Å². The molecule has 1 aliphatic rings. The van der Waals surface area contributed by atoms with Crippen molar-refractivity contribution in [2.24, 2.45) is 5.92 Å². The molecule has 1 aromatic rings. The van der Waals surface area contributed by atoms with Crippen LogP contribution in [0.15, 0.2) is 24.3 Å². The van der Waals surface area contributed by atoms with Crippen LogP contribution in [-0.4, -0.2) is 24.9 Å². The molecule has 2 unspecified atom stereocenters. The Kier molecular flexibility index (Phi) is 7.96. The second kappa shape index (κ2) is 10.0. The van der Waals surface area contributed by atoms with Gasteiger partial charge in [0.1, 0.15) is 0 Å². The third-order valence-corrected chi connectivity index (χ3v) is 4.96. The molecule has 0 spiro atoms. The van der Waals surface area contributed by atoms with Crippen LogP contribution in [0, 0.1) is 5.92 Å². The van der Waals surface area contributed by atoms with Crippen molar-refractivity contribution in [2.75, 3.05) is 19.8 Å². The van der Waals surface area contributed by atoms with Crippen LogP contribution in [0.3, 0.4) is 0 Å². The molecule has 2 atom stereocenters. The van der Waals surface area contributed by atoms with E-state index in [1.54, 1.807) is 0 Å². The van der Waals surface area contributed by atoms with Crippen molar-refractivity contribution in [3.8, 4) is 0 Å². The SMILES string of the molecule is CCOCCCCCCc1ccc(C2CCC(CO)C2)cc1. The molecule has 0 saturated heterocycles. The summed E-state index contributed by atoms with van der Waals surface area (Å²) in [5.41, 5.74) is 2.93. The summed E-state index contributed by atoms with van der Waals surface area (Å²) in [6.45, 7) is 4.17. The summed E-state index contributed by atoms with van der Waals surface area (Å²) in [6, 6.07) is 9.24. The maximum atomic E-state index is 9.26. The van der Waals surface area contributed by atoms with Crippen molar-refractivity contribution < 1.29 is 9.84 Å². The van der Waals surface area contributed by atoms with Gasteiger partial charge in [0.2, 0.25) is 0 Å². The highest BCUT2D eigenvalue weighted by atomic mass is 16.5. The molecular weight excluding hydrogens is 272 g/mol. The number of hydrogen-bond donors (Lipinski definition) is 1. The topological polar surface area (TPSA) is 29.5 Å². The van der Waals surface area contributed by atoms with Gasteiger partial charge in [-0.1, -0.05) is 37.1 Å². The first kappa shape index (κ1) is 17.5. The number of rotatable bonds is 10. The summed E-state index contributed by atoms with van der Waals surface area (Å²) in [4.78, 5) is 0. The highest BCUT2D eigenvalue weighted by Crippen LogP contribution is 2.37. The third kappa shape index (κ3) is 5.73. The van der Waals surface area contributed by atoms with Crippen molar-refractivity contribution >= 4 is 0 Å². The highest BCUT2D eigenvalue weighted by Gasteiger charge is 2.24. The van der Waals surface area contributed by atoms with Gasteiger partial charge in [0.15, 0.2) is 0 Å². The van der Waals surface area contributed by atoms with Gasteiger partial charge in [-0.25, -0.2) is 0 Å². The molecule has 0 heterocycles. The summed E-state index contributed by atoms with van der Waals surface area (Å²) in [6.07, 6.45) is 9.84. The molecule has 2 nitrogen and oxygen atoms in total. The van der Waals surface area contributed by atoms with Gasteiger partial charge in [-0.2, -0.15) is 0 Å². The zero-order valence-electron chi connectivity index (χ0n) is 14.1. The molecule has 1 aromatic carbocycles. The van der Waals surface area contributed by atoms with Crippen LogP contribution in [0.2, 0.25) is 0 Å². The van der Waals surface area contributed by atoms with Crippen LogP contribution in [0.5, 0.6) is 0 Å². The van der Waals surface area contributed by atoms with E-state index in [2.05, 4.69) is 31.2 Å². The monoisotopic (exact) mass is 304 g/mol. The average molecular weight is 304 g/mol. The first-order valence-corrected chi connectivity index (χ1v) is 9.11. The third-order valence-electron chi connectivity index (χ3n) is 4.96. The smallest absolute Gasteiger partial charge is 0.0465 e. The van der Waals surface area contributed by atoms with Gasteiger partial charge < -0.3 is 9.84 Å². The molecule has 1 fully saturated rings. The van der Waals surface area contributed by atoms with Crippen molar-refractivity contribution in [3.05, 3.63) is 35.4 Å². The van der Waals surface area contributed by atoms with Gasteiger partial charge in [-0.3, -0.25) is 0 Å². The van der Waals surface area contributed by atoms with Crippen LogP contribution in [0.1, 0.15) is 68.9 Å². The number of aliphatic hydroxyl groups excluding tert-OH is 1. The Balaban J connectivity index is 1.64. The molecule has 22 heavy (non-hydrogen) atoms. The average Bonchev–Trinajstić information content (AvgIpc) is 3.04. The summed E-state index contributed by atoms with van der Waals surface area (Å²) >= 11 is 0. The fraction of sp³-hybridized carbons (Fsp3) is 0.700. The van der Waals surface area contributed by atoms with E-state index < -0.39 is 0 Å². The number of unbranched alkanes of at least 4 members (excludes halogenated alkanes) is 3. The van der Waals surface area contributed by atoms with Crippen LogP contribution in [0.4, 0.5) is 0 Å². The second-order valence-electron chi connectivity index (χ2n) is 6.66. The Morgan fingerprint density at radius 3 is 2.50 bits per heavy atom. The molecule has 0 radical (unpaired) electrons. The van der Waals surface area contributed by atoms with E-state index in [0.29, 0.717) is 18.4 Å². The fourth-order valence-corrected chi connectivity index (χ4v) is 3.53. The summed E-state index contributed by atoms with van der Waals surface area (Å²) in [5, 5.41) is 9.26. The molecular formula is C20H32O2. The minimum Gasteiger partial charge on any atom is -0.396 e. The van der Waals surface area contributed by atoms with Crippen LogP contribution >= 0.6 is 0 Å². The van der Waals surface area contributed by atoms with Gasteiger partial charge in [0, 0.05) is 19.8 Å². The van der Waals surface area contributed by atoms with E-state index in [1.807, 2.05) is 0 Å². The fourth-order valence-electron chi connectivity index (χ4n) is 3.53. The van der Waals surface area contributed by atoms with Crippen molar-refractivity contribution in [1.82, 2.24) is 0 Å². The van der Waals surface area contributed by atoms with Crippen LogP contribution in [0.25, 0.3) is 0 Å². The molecule has 0 bridgehead atoms. The lowest BCUT2D eigenvalue weighted by Gasteiger charge is -2.11. The largest absolute Gasteiger partial charge is 0.396 e. The van der Waals surface area contributed by atoms with Gasteiger partial charge in [-0.05, 0) is 68.4 Å². The molecule has 1 aliphatic carbocycles. The first-order valence-electron chi connectivity index (χ1n) is 9.11. The standard InChI is InChI=1S/C20H32O2/c1-2-22-14-6-4-3-5-7-17-8-11-19(12-9-17)20-13-10-18(15-20)16-21/h8-9,11-12,18,20-21H,2-7,10,13-16H2,1H3. The molecule has 1 N–H and O–H groups in total. The number of benzene rings is 1. The van der Waals surface area contributed by atoms with E-state index in [9.17, 15) is 5.11 Å². The normalized spacial score (nSPS) is 21.4. The van der Waals surface area contributed by atoms with Crippen molar-refractivity contribution in [2.45, 2.75) is 64.2 Å². The Hall–Kier alpha value is -0.860. The van der Waals surface area contributed by atoms with Crippen molar-refractivity contribution in [1.29, 1.82) is 0 Å². The maximum absolute atomic E-state index is 9.26. The minimum atomic E-state index is 0.359. The van der Waals surface area contributed by atoms with Crippen LogP contribution < -0.4 is 0 Å². The minimum absolute atomic E-state index is 0.359. The molecule has 0 aromatic heterocycles. The van der Waals surface area contributed by atoms with Gasteiger partial charge in [0.25, 0.3) is 0 Å². The Bertz CT molecular complexity index is 399. The van der Waals surface area contributed by atoms with E-state index in [-0.39, 0.29) is 0 Å². The Morgan fingerprint density at radius 1 is 1.05 bits per heavy atom. The molecule has 2 rings (SSSR count). The quantitative estimate of drug-likeness (QED) is 0.635. The Morgan fingerprint density at radius 2 is 1.82 bits per heavy atom. The zero-order valence-corrected chi connectivity index (χ0v) is 14.1. The molecule has 2 heteroatoms. The van der Waals surface area contributed by atoms with E-state index in [0.717, 1.165) is 19.6 Å². The molecule has 124 valence electrons. The number of aliphatic hydroxyl groups is 1. The molecule has 1 saturated carbocycles. The summed E-state index contributed by atoms with van der Waals surface area (Å²) in [7, 11) is 0. The predicted octanol–water partition coefficient (Wildman–Crippen LogP) is 4.70. The lowest BCUT2D eigenvalue weighted by molar-refractivity contribution is 0.143. The van der Waals surface area contributed by atoms with E-state index >= 15 is 0 Å². The Labute approximate surface area is 135 Å².